The third kappa shape index (κ3) is 6.08. The standard InChI is InChI=1S/2C6H6O.Ne/c2*7-6-4-2-1-3-5-6;/h2*1-5,7H;. The van der Waals surface area contributed by atoms with Crippen LogP contribution in [0, 0.1) is 6.15 Å². The maximum atomic E-state index is 8.63. The Balaban J connectivity index is 0.000000245. The van der Waals surface area contributed by atoms with Crippen molar-refractivity contribution in [3.63, 3.8) is 0 Å². The molecule has 2 nitrogen and oxygen atoms in total. The van der Waals surface area contributed by atoms with Gasteiger partial charge in [-0.1, -0.05) is 36.4 Å². The summed E-state index contributed by atoms with van der Waals surface area (Å²) in [5.41, 5.74) is 0. The maximum absolute atomic E-state index is 8.63. The molecule has 2 aromatic carbocycles. The Bertz CT molecular complexity index is 311. The summed E-state index contributed by atoms with van der Waals surface area (Å²) in [6.45, 7) is 0. The summed E-state index contributed by atoms with van der Waals surface area (Å²) in [5.74, 6) is 0.644. The molecule has 0 amide bonds. The van der Waals surface area contributed by atoms with Gasteiger partial charge in [-0.3, -0.25) is 0 Å². The molecule has 0 unspecified atom stereocenters. The summed E-state index contributed by atoms with van der Waals surface area (Å²) in [6.07, 6.45) is 0. The number of hydrogen-bond donors (Lipinski definition) is 2. The van der Waals surface area contributed by atoms with Crippen LogP contribution in [0.4, 0.5) is 0 Å². The molecule has 0 aliphatic rings. The van der Waals surface area contributed by atoms with E-state index in [4.69, 9.17) is 10.2 Å². The zero-order valence-electron chi connectivity index (χ0n) is 8.02. The van der Waals surface area contributed by atoms with E-state index in [2.05, 4.69) is 0 Å². The summed E-state index contributed by atoms with van der Waals surface area (Å²) >= 11 is 0. The Morgan fingerprint density at radius 2 is 0.800 bits per heavy atom. The third-order valence-corrected chi connectivity index (χ3v) is 1.51. The molecular formula is C12H12NeO2. The number of phenolic OH excluding ortho intramolecular Hbond substituents is 2. The predicted octanol–water partition coefficient (Wildman–Crippen LogP) is 2.78. The number of benzene rings is 2. The molecule has 0 spiro atoms. The molecule has 2 aromatic rings. The zero-order valence-corrected chi connectivity index (χ0v) is 8.02. The van der Waals surface area contributed by atoms with Crippen LogP contribution in [-0.4, -0.2) is 10.2 Å². The molecule has 0 saturated carbocycles. The second-order valence-electron chi connectivity index (χ2n) is 2.67. The predicted molar refractivity (Wildman–Crippen MR) is 56.2 cm³/mol. The molecular weight excluding hydrogens is 196 g/mol. The fourth-order valence-corrected chi connectivity index (χ4v) is 0.856. The molecule has 80 valence electrons. The van der Waals surface area contributed by atoms with Crippen molar-refractivity contribution >= 4 is 0 Å². The number of aromatic hydroxyl groups is 2. The molecule has 0 saturated heterocycles. The molecule has 0 fully saturated rings. The van der Waals surface area contributed by atoms with Crippen molar-refractivity contribution in [1.29, 1.82) is 0 Å². The largest absolute Gasteiger partial charge is 0.508 e. The summed E-state index contributed by atoms with van der Waals surface area (Å²) in [5, 5.41) is 17.3. The van der Waals surface area contributed by atoms with Gasteiger partial charge in [-0.05, 0) is 24.3 Å². The van der Waals surface area contributed by atoms with Crippen LogP contribution in [0.2, 0.25) is 0 Å². The number of hydrogen-bond acceptors (Lipinski definition) is 2. The second-order valence-corrected chi connectivity index (χ2v) is 2.67. The first kappa shape index (κ1) is 12.9. The van der Waals surface area contributed by atoms with Crippen molar-refractivity contribution in [2.45, 2.75) is 0 Å². The van der Waals surface area contributed by atoms with Crippen LogP contribution in [0.5, 0.6) is 11.5 Å². The summed E-state index contributed by atoms with van der Waals surface area (Å²) < 4.78 is 0. The molecule has 0 aliphatic heterocycles. The minimum absolute atomic E-state index is 0. The minimum atomic E-state index is 0. The number of rotatable bonds is 0. The maximum Gasteiger partial charge on any atom is 0.115 e. The smallest absolute Gasteiger partial charge is 0.115 e. The van der Waals surface area contributed by atoms with E-state index in [1.165, 1.54) is 0 Å². The minimum Gasteiger partial charge on any atom is -0.508 e. The third-order valence-electron chi connectivity index (χ3n) is 1.51. The van der Waals surface area contributed by atoms with Gasteiger partial charge < -0.3 is 10.2 Å². The summed E-state index contributed by atoms with van der Waals surface area (Å²) in [6, 6.07) is 17.4. The normalized spacial score (nSPS) is 8.00. The van der Waals surface area contributed by atoms with Crippen LogP contribution in [0.1, 0.15) is 0 Å². The van der Waals surface area contributed by atoms with Gasteiger partial charge in [0.15, 0.2) is 0 Å². The van der Waals surface area contributed by atoms with Gasteiger partial charge >= 0.3 is 0 Å². The molecule has 0 aliphatic carbocycles. The van der Waals surface area contributed by atoms with Crippen molar-refractivity contribution < 1.29 is 16.4 Å². The van der Waals surface area contributed by atoms with Crippen molar-refractivity contribution in [3.05, 3.63) is 60.7 Å². The van der Waals surface area contributed by atoms with E-state index in [0.29, 0.717) is 11.5 Å². The SMILES string of the molecule is Oc1ccccc1.Oc1ccccc1.[Ne]. The van der Waals surface area contributed by atoms with Gasteiger partial charge in [0.25, 0.3) is 0 Å². The molecule has 0 aromatic heterocycles. The van der Waals surface area contributed by atoms with E-state index in [-0.39, 0.29) is 6.15 Å². The fraction of sp³-hybridized carbons (Fsp3) is 0. The Morgan fingerprint density at radius 1 is 0.533 bits per heavy atom. The Hall–Kier alpha value is -2.05. The van der Waals surface area contributed by atoms with Gasteiger partial charge in [-0.25, -0.2) is 0 Å². The van der Waals surface area contributed by atoms with E-state index >= 15 is 0 Å². The number of phenols is 2. The summed E-state index contributed by atoms with van der Waals surface area (Å²) in [7, 11) is 0. The average Bonchev–Trinajstić information content (AvgIpc) is 2.21. The first-order valence-electron chi connectivity index (χ1n) is 4.27. The van der Waals surface area contributed by atoms with Crippen molar-refractivity contribution in [3.8, 4) is 11.5 Å². The molecule has 3 heteroatoms. The van der Waals surface area contributed by atoms with Crippen molar-refractivity contribution in [2.24, 2.45) is 0 Å². The van der Waals surface area contributed by atoms with Gasteiger partial charge in [-0.2, -0.15) is 0 Å². The topological polar surface area (TPSA) is 40.5 Å². The van der Waals surface area contributed by atoms with E-state index in [9.17, 15) is 0 Å². The summed E-state index contributed by atoms with van der Waals surface area (Å²) in [4.78, 5) is 0. The zero-order chi connectivity index (χ0) is 10.2. The Kier molecular flexibility index (Phi) is 6.36. The van der Waals surface area contributed by atoms with Crippen molar-refractivity contribution in [1.82, 2.24) is 0 Å². The van der Waals surface area contributed by atoms with Crippen LogP contribution >= 0.6 is 0 Å². The van der Waals surface area contributed by atoms with Gasteiger partial charge in [0.05, 0.1) is 0 Å². The van der Waals surface area contributed by atoms with E-state index in [1.54, 1.807) is 48.5 Å². The molecule has 2 N–H and O–H groups in total. The molecule has 0 radical (unpaired) electrons. The van der Waals surface area contributed by atoms with Gasteiger partial charge in [-0.15, -0.1) is 0 Å². The van der Waals surface area contributed by atoms with Gasteiger partial charge in [0, 0.05) is 6.15 Å². The molecule has 2 rings (SSSR count). The first-order chi connectivity index (χ1) is 6.79. The van der Waals surface area contributed by atoms with E-state index in [1.807, 2.05) is 12.1 Å². The van der Waals surface area contributed by atoms with Crippen LogP contribution in [0.15, 0.2) is 60.7 Å². The fourth-order valence-electron chi connectivity index (χ4n) is 0.856. The van der Waals surface area contributed by atoms with Crippen molar-refractivity contribution in [2.75, 3.05) is 0 Å². The van der Waals surface area contributed by atoms with E-state index in [0.717, 1.165) is 0 Å². The molecule has 0 atom stereocenters. The van der Waals surface area contributed by atoms with E-state index < -0.39 is 0 Å². The van der Waals surface area contributed by atoms with Crippen LogP contribution in [0.25, 0.3) is 0 Å². The van der Waals surface area contributed by atoms with Gasteiger partial charge in [0.2, 0.25) is 0 Å². The second kappa shape index (κ2) is 7.36. The quantitative estimate of drug-likeness (QED) is 0.699. The molecule has 0 heterocycles. The Morgan fingerprint density at radius 3 is 0.933 bits per heavy atom. The Labute approximate surface area is 89.2 Å². The molecule has 15 heavy (non-hydrogen) atoms. The number of para-hydroxylation sites is 2. The van der Waals surface area contributed by atoms with Crippen LogP contribution < -0.4 is 0 Å². The van der Waals surface area contributed by atoms with Crippen LogP contribution in [0.3, 0.4) is 0 Å². The monoisotopic (exact) mass is 208 g/mol. The first-order valence-corrected chi connectivity index (χ1v) is 4.27. The average molecular weight is 208 g/mol. The van der Waals surface area contributed by atoms with Crippen LogP contribution in [-0.2, 0) is 0 Å². The van der Waals surface area contributed by atoms with Gasteiger partial charge in [0.1, 0.15) is 11.5 Å². The molecule has 0 bridgehead atoms.